The Morgan fingerprint density at radius 3 is 1.98 bits per heavy atom. The second-order valence-corrected chi connectivity index (χ2v) is 17.9. The lowest BCUT2D eigenvalue weighted by Gasteiger charge is -2.36. The molecule has 9 atom stereocenters. The lowest BCUT2D eigenvalue weighted by Crippen LogP contribution is -2.56. The molecule has 1 aliphatic carbocycles. The number of rotatable bonds is 22. The minimum absolute atomic E-state index is 0.0281. The zero-order valence-corrected chi connectivity index (χ0v) is 37.8. The topological polar surface area (TPSA) is 152 Å². The van der Waals surface area contributed by atoms with Gasteiger partial charge in [-0.2, -0.15) is 0 Å². The Hall–Kier alpha value is -4.29. The molecule has 4 rings (SSSR count). The number of aliphatic carboxylic acids is 1. The van der Waals surface area contributed by atoms with Crippen molar-refractivity contribution in [3.8, 4) is 11.1 Å². The number of hydrogen-bond donors (Lipinski definition) is 2. The van der Waals surface area contributed by atoms with Crippen LogP contribution in [0.4, 0.5) is 4.79 Å². The van der Waals surface area contributed by atoms with Gasteiger partial charge in [0.25, 0.3) is 0 Å². The van der Waals surface area contributed by atoms with Gasteiger partial charge in [-0.1, -0.05) is 103 Å². The van der Waals surface area contributed by atoms with Gasteiger partial charge in [-0.15, -0.1) is 0 Å². The molecule has 0 bridgehead atoms. The van der Waals surface area contributed by atoms with Crippen molar-refractivity contribution in [2.24, 2.45) is 35.5 Å². The first kappa shape index (κ1) is 48.4. The lowest BCUT2D eigenvalue weighted by molar-refractivity contribution is -0.151. The van der Waals surface area contributed by atoms with E-state index < -0.39 is 54.1 Å². The first-order valence-corrected chi connectivity index (χ1v) is 22.0. The highest BCUT2D eigenvalue weighted by Crippen LogP contribution is 2.44. The van der Waals surface area contributed by atoms with Gasteiger partial charge in [0.1, 0.15) is 12.6 Å². The Morgan fingerprint density at radius 1 is 0.867 bits per heavy atom. The van der Waals surface area contributed by atoms with E-state index in [1.54, 1.807) is 26.0 Å². The normalized spacial score (nSPS) is 19.1. The number of nitrogens with one attached hydrogen (secondary N) is 1. The number of carbonyl (C=O) groups is 5. The predicted molar refractivity (Wildman–Crippen MR) is 232 cm³/mol. The van der Waals surface area contributed by atoms with Crippen LogP contribution >= 0.6 is 0 Å². The van der Waals surface area contributed by atoms with Crippen molar-refractivity contribution in [1.29, 1.82) is 0 Å². The number of ketones is 1. The van der Waals surface area contributed by atoms with Gasteiger partial charge in [-0.25, -0.2) is 4.79 Å². The van der Waals surface area contributed by atoms with Crippen molar-refractivity contribution in [2.75, 3.05) is 34.4 Å². The Balaban J connectivity index is 1.40. The first-order chi connectivity index (χ1) is 28.5. The number of likely N-dealkylation sites (N-methyl/N-ethyl adjacent to an activating group) is 1. The van der Waals surface area contributed by atoms with Crippen molar-refractivity contribution in [3.05, 3.63) is 59.7 Å². The number of Topliss-reactive ketones (excluding diaryl/α,β-unsaturated/α-hetero) is 1. The maximum Gasteiger partial charge on any atom is 0.410 e. The molecule has 1 unspecified atom stereocenters. The minimum Gasteiger partial charge on any atom is -0.481 e. The van der Waals surface area contributed by atoms with Crippen LogP contribution in [0, 0.1) is 35.5 Å². The molecule has 12 heteroatoms. The molecule has 0 radical (unpaired) electrons. The third-order valence-corrected chi connectivity index (χ3v) is 13.3. The Morgan fingerprint density at radius 2 is 1.47 bits per heavy atom. The zero-order chi connectivity index (χ0) is 44.4. The van der Waals surface area contributed by atoms with Gasteiger partial charge in [0.05, 0.1) is 36.6 Å². The number of likely N-dealkylation sites (tertiary alicyclic amines) is 1. The van der Waals surface area contributed by atoms with Crippen molar-refractivity contribution < 1.29 is 43.3 Å². The van der Waals surface area contributed by atoms with Crippen LogP contribution in [-0.2, 0) is 33.4 Å². The molecule has 2 N–H and O–H groups in total. The number of carboxylic acid groups (broad SMARTS) is 1. The minimum atomic E-state index is -0.962. The Bertz CT molecular complexity index is 1730. The number of carbonyl (C=O) groups excluding carboxylic acids is 4. The number of nitrogens with zero attached hydrogens (tertiary/aromatic N) is 2. The summed E-state index contributed by atoms with van der Waals surface area (Å²) in [5, 5.41) is 12.7. The van der Waals surface area contributed by atoms with E-state index >= 15 is 0 Å². The molecule has 12 nitrogen and oxygen atoms in total. The number of benzene rings is 2. The van der Waals surface area contributed by atoms with E-state index in [1.807, 2.05) is 58.9 Å². The molecule has 1 heterocycles. The van der Waals surface area contributed by atoms with E-state index in [1.165, 1.54) is 12.0 Å². The van der Waals surface area contributed by atoms with Gasteiger partial charge in [-0.05, 0) is 78.5 Å². The summed E-state index contributed by atoms with van der Waals surface area (Å²) in [5.74, 6) is -3.15. The first-order valence-electron chi connectivity index (χ1n) is 22.0. The summed E-state index contributed by atoms with van der Waals surface area (Å²) >= 11 is 0. The van der Waals surface area contributed by atoms with Gasteiger partial charge in [0.15, 0.2) is 5.78 Å². The van der Waals surface area contributed by atoms with E-state index in [-0.39, 0.29) is 60.3 Å². The summed E-state index contributed by atoms with van der Waals surface area (Å²) in [6.07, 6.45) is 1.96. The fraction of sp³-hybridized carbons (Fsp3) is 0.646. The van der Waals surface area contributed by atoms with Crippen LogP contribution in [0.15, 0.2) is 48.5 Å². The van der Waals surface area contributed by atoms with Gasteiger partial charge < -0.3 is 29.5 Å². The molecule has 3 amide bonds. The number of hydrogen-bond acceptors (Lipinski definition) is 8. The summed E-state index contributed by atoms with van der Waals surface area (Å²) in [4.78, 5) is 70.6. The third-order valence-electron chi connectivity index (χ3n) is 13.3. The van der Waals surface area contributed by atoms with Crippen LogP contribution in [0.3, 0.4) is 0 Å². The van der Waals surface area contributed by atoms with E-state index in [0.717, 1.165) is 35.1 Å². The molecular weight excluding hydrogens is 763 g/mol. The highest BCUT2D eigenvalue weighted by atomic mass is 16.6. The molecule has 332 valence electrons. The van der Waals surface area contributed by atoms with Crippen LogP contribution in [0.25, 0.3) is 11.1 Å². The monoisotopic (exact) mass is 834 g/mol. The fourth-order valence-electron chi connectivity index (χ4n) is 9.55. The molecule has 1 aliphatic heterocycles. The summed E-state index contributed by atoms with van der Waals surface area (Å²) in [6, 6.07) is 14.3. The van der Waals surface area contributed by atoms with E-state index in [2.05, 4.69) is 43.4 Å². The fourth-order valence-corrected chi connectivity index (χ4v) is 9.55. The number of amides is 3. The van der Waals surface area contributed by atoms with Crippen molar-refractivity contribution in [2.45, 2.75) is 130 Å². The van der Waals surface area contributed by atoms with Gasteiger partial charge in [0.2, 0.25) is 11.8 Å². The second-order valence-electron chi connectivity index (χ2n) is 17.9. The molecule has 0 aromatic heterocycles. The predicted octanol–water partition coefficient (Wildman–Crippen LogP) is 7.81. The van der Waals surface area contributed by atoms with Crippen LogP contribution in [0.2, 0.25) is 0 Å². The molecule has 1 saturated heterocycles. The van der Waals surface area contributed by atoms with Gasteiger partial charge >= 0.3 is 12.1 Å². The summed E-state index contributed by atoms with van der Waals surface area (Å²) in [7, 11) is 4.68. The van der Waals surface area contributed by atoms with Crippen LogP contribution in [-0.4, -0.2) is 109 Å². The highest BCUT2D eigenvalue weighted by Gasteiger charge is 2.42. The highest BCUT2D eigenvalue weighted by molar-refractivity contribution is 5.93. The smallest absolute Gasteiger partial charge is 0.410 e. The van der Waals surface area contributed by atoms with Crippen LogP contribution in [0.5, 0.6) is 0 Å². The van der Waals surface area contributed by atoms with E-state index in [4.69, 9.17) is 14.2 Å². The maximum absolute atomic E-state index is 14.2. The average molecular weight is 834 g/mol. The number of fused-ring (bicyclic) bond motifs is 3. The Kier molecular flexibility index (Phi) is 17.7. The molecule has 2 aliphatic rings. The lowest BCUT2D eigenvalue weighted by atomic mass is 9.79. The van der Waals surface area contributed by atoms with Gasteiger partial charge in [-0.3, -0.25) is 24.1 Å². The van der Waals surface area contributed by atoms with Crippen LogP contribution < -0.4 is 5.32 Å². The second kappa shape index (κ2) is 22.0. The number of carboxylic acids is 1. The number of methoxy groups -OCH3 is 2. The summed E-state index contributed by atoms with van der Waals surface area (Å²) in [5.41, 5.74) is 4.45. The molecule has 60 heavy (non-hydrogen) atoms. The molecule has 0 spiro atoms. The summed E-state index contributed by atoms with van der Waals surface area (Å²) in [6.45, 7) is 15.9. The number of ether oxygens (including phenoxy) is 3. The average Bonchev–Trinajstić information content (AvgIpc) is 3.84. The van der Waals surface area contributed by atoms with Crippen molar-refractivity contribution >= 4 is 29.7 Å². The standard InChI is InChI=1S/C48H71N3O9/c1-12-30(6)33(40(58-10)26-41(52)51-25-17-22-39(51)45(59-11)32(8)47(55)56)24-23-31(7)44(53)42(28(2)3)49-46(54)43(29(4)5)50(9)48(57)60-27-38-36-20-15-13-18-34(36)35-19-14-16-21-37(35)38/h13-16,18-21,28-33,38-40,42-43,45H,12,17,22-27H2,1-11H3,(H,49,54)(H,55,56)/t30-,31?,32+,33-,39-,40+,42-,43-,45+/m0/s1. The molecule has 1 fully saturated rings. The Labute approximate surface area is 358 Å². The SMILES string of the molecule is CC[C@H](C)[C@H](CCC(C)C(=O)[C@@H](NC(=O)[C@H](C(C)C)N(C)C(=O)OCC1c2ccccc2-c2ccccc21)C(C)C)[C@@H](CC(=O)N1CCC[C@H]1[C@H](OC)[C@@H](C)C(=O)O)OC. The molecule has 2 aromatic carbocycles. The van der Waals surface area contributed by atoms with Crippen LogP contribution in [0.1, 0.15) is 111 Å². The third kappa shape index (κ3) is 11.1. The van der Waals surface area contributed by atoms with Crippen molar-refractivity contribution in [3.63, 3.8) is 0 Å². The van der Waals surface area contributed by atoms with Crippen molar-refractivity contribution in [1.82, 2.24) is 15.1 Å². The van der Waals surface area contributed by atoms with E-state index in [0.29, 0.717) is 25.8 Å². The molecule has 0 saturated carbocycles. The summed E-state index contributed by atoms with van der Waals surface area (Å²) < 4.78 is 17.5. The van der Waals surface area contributed by atoms with Gasteiger partial charge in [0, 0.05) is 39.6 Å². The quantitative estimate of drug-likeness (QED) is 0.121. The zero-order valence-electron chi connectivity index (χ0n) is 37.8. The molecule has 2 aromatic rings. The van der Waals surface area contributed by atoms with E-state index in [9.17, 15) is 29.1 Å². The maximum atomic E-state index is 14.2. The molecular formula is C48H71N3O9. The largest absolute Gasteiger partial charge is 0.481 e.